The van der Waals surface area contributed by atoms with Crippen molar-refractivity contribution in [1.82, 2.24) is 0 Å². The Hall–Kier alpha value is -2.56. The number of ether oxygens (including phenoxy) is 3. The summed E-state index contributed by atoms with van der Waals surface area (Å²) < 4.78 is 29.2. The molecule has 0 aliphatic rings. The lowest BCUT2D eigenvalue weighted by Gasteiger charge is -2.17. The van der Waals surface area contributed by atoms with Gasteiger partial charge in [0.05, 0.1) is 19.8 Å². The zero-order chi connectivity index (χ0) is 16.1. The van der Waals surface area contributed by atoms with Crippen LogP contribution in [0.1, 0.15) is 21.5 Å². The maximum atomic E-state index is 12.9. The van der Waals surface area contributed by atoms with Gasteiger partial charge in [0.2, 0.25) is 5.75 Å². The summed E-state index contributed by atoms with van der Waals surface area (Å²) in [6.45, 7) is 1.97. The van der Waals surface area contributed by atoms with Gasteiger partial charge in [-0.25, -0.2) is 4.39 Å². The van der Waals surface area contributed by atoms with E-state index in [2.05, 4.69) is 0 Å². The molecule has 2 aromatic carbocycles. The molecule has 0 saturated heterocycles. The Bertz CT molecular complexity index is 665. The molecule has 22 heavy (non-hydrogen) atoms. The van der Waals surface area contributed by atoms with Crippen molar-refractivity contribution < 1.29 is 23.4 Å². The number of benzene rings is 2. The summed E-state index contributed by atoms with van der Waals surface area (Å²) in [5, 5.41) is 0. The lowest BCUT2D eigenvalue weighted by atomic mass is 10.1. The van der Waals surface area contributed by atoms with E-state index in [1.165, 1.54) is 26.4 Å². The smallest absolute Gasteiger partial charge is 0.204 e. The van der Waals surface area contributed by atoms with Crippen molar-refractivity contribution in [1.29, 1.82) is 0 Å². The summed E-state index contributed by atoms with van der Waals surface area (Å²) in [6, 6.07) is 7.67. The zero-order valence-corrected chi connectivity index (χ0v) is 12.7. The third kappa shape index (κ3) is 3.19. The highest BCUT2D eigenvalue weighted by molar-refractivity contribution is 5.85. The van der Waals surface area contributed by atoms with Gasteiger partial charge in [-0.15, -0.1) is 0 Å². The Morgan fingerprint density at radius 3 is 2.32 bits per heavy atom. The van der Waals surface area contributed by atoms with Gasteiger partial charge in [-0.2, -0.15) is 0 Å². The minimum atomic E-state index is -0.313. The predicted molar refractivity (Wildman–Crippen MR) is 80.4 cm³/mol. The Labute approximate surface area is 128 Å². The van der Waals surface area contributed by atoms with Gasteiger partial charge in [-0.05, 0) is 36.2 Å². The molecule has 0 bridgehead atoms. The normalized spacial score (nSPS) is 10.2. The first kappa shape index (κ1) is 15.8. The average Bonchev–Trinajstić information content (AvgIpc) is 2.53. The Balaban J connectivity index is 2.37. The quantitative estimate of drug-likeness (QED) is 0.766. The highest BCUT2D eigenvalue weighted by Gasteiger charge is 2.19. The molecule has 0 aliphatic carbocycles. The first-order chi connectivity index (χ1) is 10.6. The number of rotatable bonds is 6. The van der Waals surface area contributed by atoms with E-state index in [-0.39, 0.29) is 12.4 Å². The Kier molecular flexibility index (Phi) is 4.99. The van der Waals surface area contributed by atoms with Crippen molar-refractivity contribution in [3.63, 3.8) is 0 Å². The van der Waals surface area contributed by atoms with E-state index in [4.69, 9.17) is 14.2 Å². The van der Waals surface area contributed by atoms with Crippen molar-refractivity contribution >= 4 is 6.29 Å². The number of halogens is 1. The summed E-state index contributed by atoms with van der Waals surface area (Å²) in [5.41, 5.74) is 1.90. The van der Waals surface area contributed by atoms with Gasteiger partial charge < -0.3 is 14.2 Å². The lowest BCUT2D eigenvalue weighted by molar-refractivity contribution is 0.111. The molecular weight excluding hydrogens is 287 g/mol. The summed E-state index contributed by atoms with van der Waals surface area (Å²) in [7, 11) is 2.99. The monoisotopic (exact) mass is 304 g/mol. The standard InChI is InChI=1S/C17H17FO4/c1-11-8-15(20-2)17(21-3)16(14(11)9-19)22-10-12-4-6-13(18)7-5-12/h4-9H,10H2,1-3H3. The van der Waals surface area contributed by atoms with E-state index in [9.17, 15) is 9.18 Å². The molecule has 0 heterocycles. The number of aldehydes is 1. The molecule has 0 aromatic heterocycles. The second kappa shape index (κ2) is 6.93. The van der Waals surface area contributed by atoms with E-state index < -0.39 is 0 Å². The fraction of sp³-hybridized carbons (Fsp3) is 0.235. The van der Waals surface area contributed by atoms with Gasteiger partial charge in [0.1, 0.15) is 12.4 Å². The number of hydrogen-bond acceptors (Lipinski definition) is 4. The van der Waals surface area contributed by atoms with Gasteiger partial charge in [-0.3, -0.25) is 4.79 Å². The first-order valence-corrected chi connectivity index (χ1v) is 6.68. The predicted octanol–water partition coefficient (Wildman–Crippen LogP) is 3.54. The fourth-order valence-corrected chi connectivity index (χ4v) is 2.12. The van der Waals surface area contributed by atoms with Crippen molar-refractivity contribution in [2.75, 3.05) is 14.2 Å². The molecule has 0 unspecified atom stereocenters. The van der Waals surface area contributed by atoms with E-state index in [1.54, 1.807) is 25.1 Å². The molecule has 0 fully saturated rings. The van der Waals surface area contributed by atoms with Crippen LogP contribution in [0, 0.1) is 12.7 Å². The Morgan fingerprint density at radius 2 is 1.77 bits per heavy atom. The molecular formula is C17H17FO4. The summed E-state index contributed by atoms with van der Waals surface area (Å²) in [4.78, 5) is 11.3. The maximum absolute atomic E-state index is 12.9. The molecule has 4 nitrogen and oxygen atoms in total. The molecule has 116 valence electrons. The fourth-order valence-electron chi connectivity index (χ4n) is 2.12. The topological polar surface area (TPSA) is 44.8 Å². The lowest BCUT2D eigenvalue weighted by Crippen LogP contribution is -2.04. The minimum absolute atomic E-state index is 0.185. The van der Waals surface area contributed by atoms with Crippen LogP contribution in [0.4, 0.5) is 4.39 Å². The van der Waals surface area contributed by atoms with Crippen molar-refractivity contribution in [2.45, 2.75) is 13.5 Å². The number of carbonyl (C=O) groups is 1. The van der Waals surface area contributed by atoms with Crippen LogP contribution in [0.5, 0.6) is 17.2 Å². The molecule has 2 aromatic rings. The van der Waals surface area contributed by atoms with E-state index in [0.717, 1.165) is 17.4 Å². The minimum Gasteiger partial charge on any atom is -0.493 e. The van der Waals surface area contributed by atoms with Crippen LogP contribution in [0.15, 0.2) is 30.3 Å². The van der Waals surface area contributed by atoms with Crippen molar-refractivity contribution in [2.24, 2.45) is 0 Å². The maximum Gasteiger partial charge on any atom is 0.204 e. The Morgan fingerprint density at radius 1 is 1.09 bits per heavy atom. The molecule has 0 atom stereocenters. The number of hydrogen-bond donors (Lipinski definition) is 0. The van der Waals surface area contributed by atoms with Crippen LogP contribution >= 0.6 is 0 Å². The summed E-state index contributed by atoms with van der Waals surface area (Å²) in [6.07, 6.45) is 0.720. The largest absolute Gasteiger partial charge is 0.493 e. The van der Waals surface area contributed by atoms with Crippen molar-refractivity contribution in [3.8, 4) is 17.2 Å². The van der Waals surface area contributed by atoms with Gasteiger partial charge >= 0.3 is 0 Å². The van der Waals surface area contributed by atoms with Gasteiger partial charge in [-0.1, -0.05) is 12.1 Å². The van der Waals surface area contributed by atoms with Gasteiger partial charge in [0.25, 0.3) is 0 Å². The van der Waals surface area contributed by atoms with Crippen LogP contribution in [0.2, 0.25) is 0 Å². The van der Waals surface area contributed by atoms with E-state index >= 15 is 0 Å². The molecule has 0 aliphatic heterocycles. The molecule has 5 heteroatoms. The van der Waals surface area contributed by atoms with Crippen LogP contribution in [0.3, 0.4) is 0 Å². The highest BCUT2D eigenvalue weighted by atomic mass is 19.1. The van der Waals surface area contributed by atoms with Crippen molar-refractivity contribution in [3.05, 3.63) is 52.8 Å². The third-order valence-electron chi connectivity index (χ3n) is 3.29. The van der Waals surface area contributed by atoms with Gasteiger partial charge in [0.15, 0.2) is 17.8 Å². The molecule has 0 spiro atoms. The average molecular weight is 304 g/mol. The van der Waals surface area contributed by atoms with Crippen LogP contribution in [-0.4, -0.2) is 20.5 Å². The molecule has 0 amide bonds. The number of carbonyl (C=O) groups excluding carboxylic acids is 1. The molecule has 0 saturated carbocycles. The van der Waals surface area contributed by atoms with Crippen LogP contribution < -0.4 is 14.2 Å². The molecule has 0 N–H and O–H groups in total. The highest BCUT2D eigenvalue weighted by Crippen LogP contribution is 2.41. The molecule has 2 rings (SSSR count). The number of aryl methyl sites for hydroxylation is 1. The summed E-state index contributed by atoms with van der Waals surface area (Å²) >= 11 is 0. The van der Waals surface area contributed by atoms with E-state index in [0.29, 0.717) is 22.8 Å². The first-order valence-electron chi connectivity index (χ1n) is 6.68. The summed E-state index contributed by atoms with van der Waals surface area (Å²) in [5.74, 6) is 0.850. The zero-order valence-electron chi connectivity index (χ0n) is 12.7. The van der Waals surface area contributed by atoms with Crippen LogP contribution in [-0.2, 0) is 6.61 Å². The van der Waals surface area contributed by atoms with Crippen LogP contribution in [0.25, 0.3) is 0 Å². The second-order valence-corrected chi connectivity index (χ2v) is 4.70. The number of methoxy groups -OCH3 is 2. The SMILES string of the molecule is COc1cc(C)c(C=O)c(OCc2ccc(F)cc2)c1OC. The van der Waals surface area contributed by atoms with Gasteiger partial charge in [0, 0.05) is 0 Å². The second-order valence-electron chi connectivity index (χ2n) is 4.70. The third-order valence-corrected chi connectivity index (χ3v) is 3.29. The molecule has 0 radical (unpaired) electrons. The van der Waals surface area contributed by atoms with E-state index in [1.807, 2.05) is 0 Å².